The van der Waals surface area contributed by atoms with Gasteiger partial charge in [0.2, 0.25) is 16.6 Å². The van der Waals surface area contributed by atoms with Crippen molar-refractivity contribution in [1.29, 1.82) is 0 Å². The molecule has 12 heterocycles. The summed E-state index contributed by atoms with van der Waals surface area (Å²) in [5.41, 5.74) is 5.20. The molecule has 0 bridgehead atoms. The van der Waals surface area contributed by atoms with Crippen molar-refractivity contribution < 1.29 is 97.3 Å². The van der Waals surface area contributed by atoms with E-state index in [1.54, 1.807) is 116 Å². The number of piperazine rings is 1. The molecule has 0 saturated carbocycles. The minimum atomic E-state index is -1.63. The lowest BCUT2D eigenvalue weighted by Gasteiger charge is -2.34. The molecule has 0 spiro atoms. The van der Waals surface area contributed by atoms with Gasteiger partial charge in [-0.2, -0.15) is 0 Å². The SMILES string of the molecule is COc1ccc2c(c1)C(=O)N(C[C@@]1(C#Cc3ccc(C(=NO)N4CCC4)cc3)NC(=O)NC1=O)C2.COc1ccc2c(c1)C(=O)N(C[C@@]1(C#Cc3cccc(/C(=N/O)N4CCN(C)CC4)c3)NC(=O)NC1=O)C2.COc1ccc2c(c1)C(=O)N(C[C@@]1(C#Cc3cccc(C(=NO)N4CCOCC4)c3)NC(=O)NC1=O)C2.COc1ccc2c(c1)CN(C[C@@]1(C#Cc3ccc(C(=NO)N4CCCN(C)CC4)cc3)NC(=O)NC1=O)C2. The summed E-state index contributed by atoms with van der Waals surface area (Å²) < 4.78 is 26.4. The Bertz CT molecular complexity index is 7010. The number of ether oxygens (including phenoxy) is 5. The lowest BCUT2D eigenvalue weighted by molar-refractivity contribution is -0.123. The van der Waals surface area contributed by atoms with Crippen molar-refractivity contribution in [3.8, 4) is 70.4 Å². The predicted molar refractivity (Wildman–Crippen MR) is 536 cm³/mol. The molecule has 12 aliphatic heterocycles. The van der Waals surface area contributed by atoms with Crippen molar-refractivity contribution in [1.82, 2.24) is 91.5 Å². The first-order valence-corrected chi connectivity index (χ1v) is 47.7. The summed E-state index contributed by atoms with van der Waals surface area (Å²) in [4.78, 5) is 158. The quantitative estimate of drug-likeness (QED) is 0.0163. The number of methoxy groups -OCH3 is 4. The molecule has 0 radical (unpaired) electrons. The van der Waals surface area contributed by atoms with Crippen LogP contribution in [0, 0.1) is 47.4 Å². The third kappa shape index (κ3) is 22.3. The highest BCUT2D eigenvalue weighted by molar-refractivity contribution is 6.13. The van der Waals surface area contributed by atoms with Crippen LogP contribution < -0.4 is 61.5 Å². The van der Waals surface area contributed by atoms with Crippen LogP contribution in [0.3, 0.4) is 0 Å². The average molecular weight is 2010 g/mol. The van der Waals surface area contributed by atoms with Crippen LogP contribution in [0.4, 0.5) is 19.2 Å². The van der Waals surface area contributed by atoms with Crippen LogP contribution in [0.5, 0.6) is 23.0 Å². The Labute approximate surface area is 851 Å². The number of nitrogens with zero attached hydrogens (tertiary/aromatic N) is 14. The molecule has 42 heteroatoms. The Morgan fingerprint density at radius 1 is 0.324 bits per heavy atom. The standard InChI is InChI=1S/C28H32N6O4.C27H28N6O5.C26H25N5O6.C25H23N5O5/c1-32-12-3-13-34(15-14-32)25(31-37)21-6-4-20(5-7-21)10-11-28(26(35)29-27(36)30-28)19-33-17-22-8-9-24(38-2)16-23(22)18-33;1-31-10-12-32(13-11-31)23(30-37)19-5-3-4-18(14-19)8-9-27(25(35)28-26(36)29-27)17-33-16-20-6-7-21(38-2)15-22(20)24(33)34;1-36-20-6-5-19-15-31(23(32)21(19)14-20)16-26(24(33)27-25(34)28-26)8-7-17-3-2-4-18(13-17)22(29-35)30-9-11-37-12-10-30;1-35-19-8-7-18-14-30(22(31)20(18)13-19)15-25(23(32)26-24(33)27-25)10-9-16-3-5-17(6-4-16)21(28-34)29-11-2-12-29/h4-9,16,37H,3,12-15,17-19H2,1-2H3,(H2,29,30,35,36);3-7,14-15,37H,10-13,16-17H2,1-2H3,(H2,28,29,35,36);2-6,13-14,35H,9-12,15-16H2,1H3,(H2,27,28,33,34);3-8,13,34H,2,11-12,14-15H2,1H3,(H2,26,27,32,33)/b;30-23-;;/t28-;27-;26-;25-/m1111/s1. The molecular formula is C106H108N22O20. The summed E-state index contributed by atoms with van der Waals surface area (Å²) in [5, 5.41) is 72.1. The van der Waals surface area contributed by atoms with Crippen LogP contribution in [-0.4, -0.2) is 341 Å². The maximum atomic E-state index is 13.1. The first-order chi connectivity index (χ1) is 71.5. The third-order valence-electron chi connectivity index (χ3n) is 27.2. The molecular weight excluding hydrogens is 1900 g/mol. The number of fused-ring (bicyclic) bond motifs is 4. The molecule has 15 amide bonds. The van der Waals surface area contributed by atoms with Gasteiger partial charge in [0.25, 0.3) is 41.4 Å². The molecule has 12 N–H and O–H groups in total. The lowest BCUT2D eigenvalue weighted by atomic mass is 9.98. The zero-order valence-corrected chi connectivity index (χ0v) is 81.9. The highest BCUT2D eigenvalue weighted by Gasteiger charge is 2.53. The van der Waals surface area contributed by atoms with Crippen LogP contribution in [0.25, 0.3) is 0 Å². The number of carbonyl (C=O) groups excluding carboxylic acids is 11. The number of oxime groups is 4. The fraction of sp³-hybridized carbons (Fsp3) is 0.330. The Hall–Kier alpha value is -17.7. The van der Waals surface area contributed by atoms with E-state index in [1.165, 1.54) is 36.0 Å². The first-order valence-electron chi connectivity index (χ1n) is 47.7. The predicted octanol–water partition coefficient (Wildman–Crippen LogP) is 3.95. The second-order valence-electron chi connectivity index (χ2n) is 37.0. The topological polar surface area (TPSA) is 493 Å². The fourth-order valence-corrected chi connectivity index (χ4v) is 19.0. The normalized spacial score (nSPS) is 21.5. The van der Waals surface area contributed by atoms with Crippen LogP contribution in [0.2, 0.25) is 0 Å². The van der Waals surface area contributed by atoms with Crippen LogP contribution in [0.1, 0.15) is 116 Å². The van der Waals surface area contributed by atoms with Crippen molar-refractivity contribution in [3.63, 3.8) is 0 Å². The molecule has 0 unspecified atom stereocenters. The molecule has 12 aliphatic rings. The number of likely N-dealkylation sites (N-methyl/N-ethyl adjacent to an activating group) is 2. The lowest BCUT2D eigenvalue weighted by Crippen LogP contribution is -2.54. The number of carbonyl (C=O) groups is 11. The largest absolute Gasteiger partial charge is 0.497 e. The van der Waals surface area contributed by atoms with Gasteiger partial charge in [-0.25, -0.2) is 19.2 Å². The summed E-state index contributed by atoms with van der Waals surface area (Å²) >= 11 is 0. The molecule has 148 heavy (non-hydrogen) atoms. The number of imide groups is 4. The molecule has 42 nitrogen and oxygen atoms in total. The molecule has 4 atom stereocenters. The van der Waals surface area contributed by atoms with Gasteiger partial charge in [-0.05, 0) is 183 Å². The molecule has 762 valence electrons. The first kappa shape index (κ1) is 102. The van der Waals surface area contributed by atoms with Gasteiger partial charge in [0, 0.05) is 172 Å². The number of hydrogen-bond acceptors (Lipinski definition) is 27. The van der Waals surface area contributed by atoms with Gasteiger partial charge in [-0.3, -0.25) is 59.7 Å². The van der Waals surface area contributed by atoms with Crippen molar-refractivity contribution in [2.75, 3.05) is 160 Å². The second-order valence-corrected chi connectivity index (χ2v) is 37.0. The van der Waals surface area contributed by atoms with Gasteiger partial charge in [-0.1, -0.05) is 117 Å². The summed E-state index contributed by atoms with van der Waals surface area (Å²) in [6.07, 6.45) is 2.04. The van der Waals surface area contributed by atoms with E-state index in [9.17, 15) is 73.6 Å². The highest BCUT2D eigenvalue weighted by atomic mass is 16.5. The van der Waals surface area contributed by atoms with Gasteiger partial charge in [-0.15, -0.1) is 0 Å². The molecule has 8 fully saturated rings. The Morgan fingerprint density at radius 3 is 0.986 bits per heavy atom. The average Bonchev–Trinajstić information content (AvgIpc) is 1.63. The zero-order chi connectivity index (χ0) is 104. The Balaban J connectivity index is 0.000000135. The van der Waals surface area contributed by atoms with E-state index in [0.717, 1.165) is 123 Å². The number of urea groups is 4. The zero-order valence-electron chi connectivity index (χ0n) is 81.9. The minimum absolute atomic E-state index is 0.109. The second kappa shape index (κ2) is 44.2. The minimum Gasteiger partial charge on any atom is -0.497 e. The van der Waals surface area contributed by atoms with Gasteiger partial charge in [0.05, 0.1) is 61.3 Å². The van der Waals surface area contributed by atoms with Crippen molar-refractivity contribution in [2.45, 2.75) is 67.7 Å². The molecule has 20 rings (SSSR count). The van der Waals surface area contributed by atoms with E-state index >= 15 is 0 Å². The summed E-state index contributed by atoms with van der Waals surface area (Å²) in [6, 6.07) is 47.7. The number of nitrogens with one attached hydrogen (secondary N) is 8. The molecule has 0 aliphatic carbocycles. The van der Waals surface area contributed by atoms with E-state index in [1.807, 2.05) is 82.4 Å². The summed E-state index contributed by atoms with van der Waals surface area (Å²) in [7, 11) is 10.3. The number of rotatable bonds is 16. The highest BCUT2D eigenvalue weighted by Crippen LogP contribution is 2.35. The van der Waals surface area contributed by atoms with Gasteiger partial charge < -0.3 is 110 Å². The fourth-order valence-electron chi connectivity index (χ4n) is 19.0. The smallest absolute Gasteiger partial charge is 0.323 e. The van der Waals surface area contributed by atoms with E-state index in [2.05, 4.69) is 137 Å². The van der Waals surface area contributed by atoms with Crippen molar-refractivity contribution in [3.05, 3.63) is 259 Å². The van der Waals surface area contributed by atoms with Gasteiger partial charge in [0.15, 0.2) is 28.9 Å². The number of amides is 15. The summed E-state index contributed by atoms with van der Waals surface area (Å²) in [5.74, 6) is 24.9. The molecule has 0 aromatic heterocycles. The van der Waals surface area contributed by atoms with Crippen LogP contribution >= 0.6 is 0 Å². The Morgan fingerprint density at radius 2 is 0.635 bits per heavy atom. The number of amidine groups is 4. The van der Waals surface area contributed by atoms with Crippen LogP contribution in [-0.2, 0) is 56.6 Å². The van der Waals surface area contributed by atoms with Crippen molar-refractivity contribution in [2.24, 2.45) is 20.6 Å². The van der Waals surface area contributed by atoms with Crippen molar-refractivity contribution >= 4 is 88.8 Å². The number of hydrogen-bond donors (Lipinski definition) is 12. The number of morpholine rings is 1. The number of likely N-dealkylation sites (tertiary alicyclic amines) is 1. The monoisotopic (exact) mass is 2010 g/mol. The molecule has 8 aromatic carbocycles. The van der Waals surface area contributed by atoms with Crippen LogP contribution in [0.15, 0.2) is 190 Å². The van der Waals surface area contributed by atoms with E-state index < -0.39 is 69.9 Å². The van der Waals surface area contributed by atoms with E-state index in [-0.39, 0.29) is 57.0 Å². The van der Waals surface area contributed by atoms with E-state index in [4.69, 9.17) is 23.7 Å². The third-order valence-corrected chi connectivity index (χ3v) is 27.2. The summed E-state index contributed by atoms with van der Waals surface area (Å²) in [6.45, 7) is 12.5. The van der Waals surface area contributed by atoms with Gasteiger partial charge in [0.1, 0.15) is 23.0 Å². The molecule has 8 aromatic rings. The maximum Gasteiger partial charge on any atom is 0.323 e. The van der Waals surface area contributed by atoms with E-state index in [0.29, 0.717) is 137 Å². The Kier molecular flexibility index (Phi) is 30.4. The van der Waals surface area contributed by atoms with Gasteiger partial charge >= 0.3 is 24.1 Å². The number of benzene rings is 8. The molecule has 8 saturated heterocycles. The maximum absolute atomic E-state index is 13.1.